The van der Waals surface area contributed by atoms with Gasteiger partial charge < -0.3 is 19.9 Å². The Balaban J connectivity index is 1.75. The molecular weight excluding hydrogens is 346 g/mol. The van der Waals surface area contributed by atoms with Gasteiger partial charge in [0, 0.05) is 29.1 Å². The summed E-state index contributed by atoms with van der Waals surface area (Å²) in [6, 6.07) is 11.6. The fourth-order valence-electron chi connectivity index (χ4n) is 3.01. The molecule has 140 valence electrons. The van der Waals surface area contributed by atoms with Crippen molar-refractivity contribution >= 4 is 22.6 Å². The molecule has 0 aliphatic rings. The van der Waals surface area contributed by atoms with E-state index in [1.54, 1.807) is 44.2 Å². The highest BCUT2D eigenvalue weighted by Crippen LogP contribution is 2.24. The average molecular weight is 367 g/mol. The zero-order valence-electron chi connectivity index (χ0n) is 15.2. The lowest BCUT2D eigenvalue weighted by Crippen LogP contribution is -2.16. The summed E-state index contributed by atoms with van der Waals surface area (Å²) in [5.74, 6) is -0.209. The van der Waals surface area contributed by atoms with E-state index in [1.807, 2.05) is 0 Å². The summed E-state index contributed by atoms with van der Waals surface area (Å²) in [6.07, 6.45) is -0.257. The molecule has 1 unspecified atom stereocenters. The molecule has 0 bridgehead atoms. The van der Waals surface area contributed by atoms with Gasteiger partial charge in [0.1, 0.15) is 11.3 Å². The molecule has 3 aromatic rings. The van der Waals surface area contributed by atoms with E-state index in [0.29, 0.717) is 22.4 Å². The molecule has 0 aliphatic carbocycles. The van der Waals surface area contributed by atoms with Crippen LogP contribution >= 0.6 is 0 Å². The second-order valence-electron chi connectivity index (χ2n) is 6.52. The van der Waals surface area contributed by atoms with Crippen LogP contribution in [0.4, 0.5) is 5.69 Å². The van der Waals surface area contributed by atoms with Crippen molar-refractivity contribution in [3.63, 3.8) is 0 Å². The minimum Gasteiger partial charge on any atom is -0.508 e. The Bertz CT molecular complexity index is 1050. The largest absolute Gasteiger partial charge is 0.508 e. The third-order valence-electron chi connectivity index (χ3n) is 4.53. The molecule has 0 aliphatic heterocycles. The molecule has 3 rings (SSSR count). The molecule has 6 nitrogen and oxygen atoms in total. The topological polar surface area (TPSA) is 99.8 Å². The van der Waals surface area contributed by atoms with Gasteiger partial charge in [-0.05, 0) is 55.7 Å². The molecule has 3 N–H and O–H groups in total. The number of phenols is 1. The maximum atomic E-state index is 12.3. The molecule has 27 heavy (non-hydrogen) atoms. The predicted octanol–water partition coefficient (Wildman–Crippen LogP) is 3.43. The third-order valence-corrected chi connectivity index (χ3v) is 4.53. The van der Waals surface area contributed by atoms with Gasteiger partial charge in [-0.25, -0.2) is 4.79 Å². The van der Waals surface area contributed by atoms with Gasteiger partial charge in [0.2, 0.25) is 5.91 Å². The highest BCUT2D eigenvalue weighted by atomic mass is 16.4. The standard InChI is InChI=1S/C21H21NO5/c1-12-17-7-6-16(24)11-19(17)27-21(26)18(12)8-9-20(25)22-15-5-3-4-14(10-15)13(2)23/h3-7,10-11,13,23-24H,8-9H2,1-2H3,(H,22,25). The smallest absolute Gasteiger partial charge is 0.339 e. The van der Waals surface area contributed by atoms with Gasteiger partial charge in [-0.3, -0.25) is 4.79 Å². The number of aliphatic hydroxyl groups is 1. The lowest BCUT2D eigenvalue weighted by Gasteiger charge is -2.10. The van der Waals surface area contributed by atoms with Crippen molar-refractivity contribution in [3.05, 3.63) is 69.6 Å². The van der Waals surface area contributed by atoms with Crippen molar-refractivity contribution < 1.29 is 19.4 Å². The van der Waals surface area contributed by atoms with Crippen LogP contribution in [0.3, 0.4) is 0 Å². The average Bonchev–Trinajstić information content (AvgIpc) is 2.61. The van der Waals surface area contributed by atoms with Crippen LogP contribution in [-0.4, -0.2) is 16.1 Å². The molecule has 1 amide bonds. The fourth-order valence-corrected chi connectivity index (χ4v) is 3.01. The minimum atomic E-state index is -0.619. The number of amides is 1. The van der Waals surface area contributed by atoms with Gasteiger partial charge in [0.25, 0.3) is 0 Å². The lowest BCUT2D eigenvalue weighted by atomic mass is 10.0. The number of benzene rings is 2. The van der Waals surface area contributed by atoms with Gasteiger partial charge in [0.05, 0.1) is 6.10 Å². The number of aromatic hydroxyl groups is 1. The molecule has 2 aromatic carbocycles. The molecule has 0 fully saturated rings. The van der Waals surface area contributed by atoms with E-state index in [9.17, 15) is 19.8 Å². The summed E-state index contributed by atoms with van der Waals surface area (Å²) in [6.45, 7) is 3.46. The monoisotopic (exact) mass is 367 g/mol. The van der Waals surface area contributed by atoms with Crippen LogP contribution in [0, 0.1) is 6.92 Å². The molecule has 6 heteroatoms. The van der Waals surface area contributed by atoms with Gasteiger partial charge in [-0.15, -0.1) is 0 Å². The molecule has 0 spiro atoms. The Morgan fingerprint density at radius 1 is 1.22 bits per heavy atom. The van der Waals surface area contributed by atoms with Crippen molar-refractivity contribution in [2.24, 2.45) is 0 Å². The quantitative estimate of drug-likeness (QED) is 0.600. The van der Waals surface area contributed by atoms with E-state index in [-0.39, 0.29) is 24.5 Å². The summed E-state index contributed by atoms with van der Waals surface area (Å²) >= 11 is 0. The summed E-state index contributed by atoms with van der Waals surface area (Å²) in [5, 5.41) is 22.7. The van der Waals surface area contributed by atoms with Crippen LogP contribution in [-0.2, 0) is 11.2 Å². The Kier molecular flexibility index (Phi) is 5.28. The van der Waals surface area contributed by atoms with Gasteiger partial charge in [0.15, 0.2) is 0 Å². The zero-order valence-corrected chi connectivity index (χ0v) is 15.2. The fraction of sp³-hybridized carbons (Fsp3) is 0.238. The van der Waals surface area contributed by atoms with Gasteiger partial charge in [-0.1, -0.05) is 12.1 Å². The van der Waals surface area contributed by atoms with Crippen LogP contribution in [0.25, 0.3) is 11.0 Å². The van der Waals surface area contributed by atoms with Crippen LogP contribution in [0.1, 0.15) is 36.1 Å². The van der Waals surface area contributed by atoms with Crippen LogP contribution in [0.2, 0.25) is 0 Å². The summed E-state index contributed by atoms with van der Waals surface area (Å²) in [4.78, 5) is 24.5. The number of phenolic OH excluding ortho intramolecular Hbond substituents is 1. The normalized spacial score (nSPS) is 12.1. The lowest BCUT2D eigenvalue weighted by molar-refractivity contribution is -0.116. The highest BCUT2D eigenvalue weighted by Gasteiger charge is 2.14. The number of hydrogen-bond acceptors (Lipinski definition) is 5. The summed E-state index contributed by atoms with van der Waals surface area (Å²) < 4.78 is 5.27. The number of rotatable bonds is 5. The molecule has 1 aromatic heterocycles. The van der Waals surface area contributed by atoms with Crippen LogP contribution < -0.4 is 10.9 Å². The number of aryl methyl sites for hydroxylation is 1. The van der Waals surface area contributed by atoms with Crippen molar-refractivity contribution in [3.8, 4) is 5.75 Å². The first-order chi connectivity index (χ1) is 12.8. The maximum Gasteiger partial charge on any atom is 0.339 e. The van der Waals surface area contributed by atoms with Crippen molar-refractivity contribution in [2.75, 3.05) is 5.32 Å². The minimum absolute atomic E-state index is 0.0246. The highest BCUT2D eigenvalue weighted by molar-refractivity contribution is 5.91. The third kappa shape index (κ3) is 4.17. The Morgan fingerprint density at radius 2 is 2.00 bits per heavy atom. The van der Waals surface area contributed by atoms with E-state index < -0.39 is 11.7 Å². The molecular formula is C21H21NO5. The molecule has 0 radical (unpaired) electrons. The second-order valence-corrected chi connectivity index (χ2v) is 6.52. The Hall–Kier alpha value is -3.12. The van der Waals surface area contributed by atoms with Crippen LogP contribution in [0.15, 0.2) is 51.7 Å². The maximum absolute atomic E-state index is 12.3. The SMILES string of the molecule is Cc1c(CCC(=O)Nc2cccc(C(C)O)c2)c(=O)oc2cc(O)ccc12. The van der Waals surface area contributed by atoms with E-state index in [0.717, 1.165) is 10.9 Å². The van der Waals surface area contributed by atoms with Crippen molar-refractivity contribution in [1.82, 2.24) is 0 Å². The first kappa shape index (κ1) is 18.7. The number of carbonyl (C=O) groups excluding carboxylic acids is 1. The number of carbonyl (C=O) groups is 1. The van der Waals surface area contributed by atoms with E-state index in [4.69, 9.17) is 4.42 Å². The predicted molar refractivity (Wildman–Crippen MR) is 103 cm³/mol. The van der Waals surface area contributed by atoms with Crippen molar-refractivity contribution in [1.29, 1.82) is 0 Å². The van der Waals surface area contributed by atoms with Gasteiger partial charge in [-0.2, -0.15) is 0 Å². The number of aliphatic hydroxyl groups excluding tert-OH is 1. The first-order valence-electron chi connectivity index (χ1n) is 8.68. The molecule has 0 saturated heterocycles. The first-order valence-corrected chi connectivity index (χ1v) is 8.68. The number of hydrogen-bond donors (Lipinski definition) is 3. The number of fused-ring (bicyclic) bond motifs is 1. The van der Waals surface area contributed by atoms with Crippen molar-refractivity contribution in [2.45, 2.75) is 32.8 Å². The zero-order chi connectivity index (χ0) is 19.6. The summed E-state index contributed by atoms with van der Waals surface area (Å²) in [7, 11) is 0. The molecule has 0 saturated carbocycles. The van der Waals surface area contributed by atoms with Gasteiger partial charge >= 0.3 is 5.63 Å². The summed E-state index contributed by atoms with van der Waals surface area (Å²) in [5.41, 5.74) is 2.31. The van der Waals surface area contributed by atoms with Crippen LogP contribution in [0.5, 0.6) is 5.75 Å². The molecule has 1 heterocycles. The van der Waals surface area contributed by atoms with E-state index in [1.165, 1.54) is 12.1 Å². The van der Waals surface area contributed by atoms with E-state index in [2.05, 4.69) is 5.32 Å². The number of nitrogens with one attached hydrogen (secondary N) is 1. The van der Waals surface area contributed by atoms with E-state index >= 15 is 0 Å². The second kappa shape index (κ2) is 7.63. The molecule has 1 atom stereocenters. The Labute approximate surface area is 156 Å². The Morgan fingerprint density at radius 3 is 2.74 bits per heavy atom. The number of anilines is 1.